The molecule has 0 spiro atoms. The molecule has 6 heteroatoms. The number of ether oxygens (including phenoxy) is 1. The number of halogens is 3. The van der Waals surface area contributed by atoms with Gasteiger partial charge in [0.1, 0.15) is 5.82 Å². The van der Waals surface area contributed by atoms with Crippen LogP contribution in [0.5, 0.6) is 11.6 Å². The number of aromatic nitrogens is 1. The van der Waals surface area contributed by atoms with E-state index in [-0.39, 0.29) is 18.2 Å². The molecular weight excluding hydrogens is 306 g/mol. The van der Waals surface area contributed by atoms with E-state index < -0.39 is 11.6 Å². The lowest BCUT2D eigenvalue weighted by Gasteiger charge is -2.09. The summed E-state index contributed by atoms with van der Waals surface area (Å²) in [6.45, 7) is 0.199. The van der Waals surface area contributed by atoms with Crippen molar-refractivity contribution in [2.75, 3.05) is 0 Å². The second kappa shape index (κ2) is 5.41. The van der Waals surface area contributed by atoms with E-state index in [4.69, 9.17) is 10.5 Å². The minimum absolute atomic E-state index is 0.0964. The molecule has 0 aliphatic rings. The van der Waals surface area contributed by atoms with Crippen LogP contribution in [-0.2, 0) is 6.54 Å². The molecule has 0 amide bonds. The average Bonchev–Trinajstić information content (AvgIpc) is 2.34. The van der Waals surface area contributed by atoms with Gasteiger partial charge in [0.15, 0.2) is 11.6 Å². The molecule has 0 saturated carbocycles. The van der Waals surface area contributed by atoms with Gasteiger partial charge in [0.2, 0.25) is 5.88 Å². The van der Waals surface area contributed by atoms with Crippen LogP contribution in [0.3, 0.4) is 0 Å². The molecule has 0 unspecified atom stereocenters. The summed E-state index contributed by atoms with van der Waals surface area (Å²) in [5.41, 5.74) is 6.16. The van der Waals surface area contributed by atoms with Gasteiger partial charge in [-0.25, -0.2) is 13.8 Å². The lowest BCUT2D eigenvalue weighted by atomic mass is 10.2. The maximum Gasteiger partial charge on any atom is 0.223 e. The molecular formula is C12H9BrF2N2O. The fraction of sp³-hybridized carbons (Fsp3) is 0.0833. The SMILES string of the molecule is NCc1cc(Br)cnc1Oc1ccc(F)cc1F. The zero-order valence-corrected chi connectivity index (χ0v) is 10.7. The molecule has 1 heterocycles. The van der Waals surface area contributed by atoms with Crippen molar-refractivity contribution < 1.29 is 13.5 Å². The van der Waals surface area contributed by atoms with Crippen molar-refractivity contribution >= 4 is 15.9 Å². The molecule has 2 aromatic rings. The van der Waals surface area contributed by atoms with Crippen LogP contribution in [0, 0.1) is 11.6 Å². The summed E-state index contributed by atoms with van der Waals surface area (Å²) in [4.78, 5) is 4.00. The summed E-state index contributed by atoms with van der Waals surface area (Å²) in [5, 5.41) is 0. The topological polar surface area (TPSA) is 48.1 Å². The van der Waals surface area contributed by atoms with E-state index in [0.717, 1.165) is 16.6 Å². The predicted molar refractivity (Wildman–Crippen MR) is 66.3 cm³/mol. The third kappa shape index (κ3) is 2.83. The van der Waals surface area contributed by atoms with Crippen molar-refractivity contribution in [3.63, 3.8) is 0 Å². The van der Waals surface area contributed by atoms with Crippen molar-refractivity contribution in [2.24, 2.45) is 5.73 Å². The third-order valence-corrected chi connectivity index (χ3v) is 2.65. The van der Waals surface area contributed by atoms with Gasteiger partial charge in [-0.2, -0.15) is 0 Å². The summed E-state index contributed by atoms with van der Waals surface area (Å²) < 4.78 is 32.2. The fourth-order valence-corrected chi connectivity index (χ4v) is 1.75. The first-order valence-corrected chi connectivity index (χ1v) is 5.87. The molecule has 3 nitrogen and oxygen atoms in total. The molecule has 94 valence electrons. The molecule has 2 rings (SSSR count). The molecule has 0 bridgehead atoms. The predicted octanol–water partition coefficient (Wildman–Crippen LogP) is 3.37. The minimum atomic E-state index is -0.789. The van der Waals surface area contributed by atoms with E-state index in [1.54, 1.807) is 6.07 Å². The monoisotopic (exact) mass is 314 g/mol. The molecule has 0 atom stereocenters. The van der Waals surface area contributed by atoms with Crippen molar-refractivity contribution in [1.29, 1.82) is 0 Å². The maximum atomic E-state index is 13.4. The van der Waals surface area contributed by atoms with Crippen molar-refractivity contribution in [3.8, 4) is 11.6 Å². The number of benzene rings is 1. The second-order valence-electron chi connectivity index (χ2n) is 3.50. The molecule has 0 fully saturated rings. The second-order valence-corrected chi connectivity index (χ2v) is 4.41. The van der Waals surface area contributed by atoms with Crippen molar-refractivity contribution in [2.45, 2.75) is 6.54 Å². The Labute approximate surface area is 111 Å². The quantitative estimate of drug-likeness (QED) is 0.945. The molecule has 1 aromatic carbocycles. The van der Waals surface area contributed by atoms with Gasteiger partial charge in [0, 0.05) is 28.8 Å². The van der Waals surface area contributed by atoms with Crippen molar-refractivity contribution in [3.05, 3.63) is 52.1 Å². The Bertz CT molecular complexity index is 578. The summed E-state index contributed by atoms with van der Waals surface area (Å²) in [6, 6.07) is 4.79. The van der Waals surface area contributed by atoms with Crippen molar-refractivity contribution in [1.82, 2.24) is 4.98 Å². The van der Waals surface area contributed by atoms with E-state index in [9.17, 15) is 8.78 Å². The van der Waals surface area contributed by atoms with Crippen LogP contribution in [0.15, 0.2) is 34.9 Å². The molecule has 0 saturated heterocycles. The van der Waals surface area contributed by atoms with Crippen LogP contribution in [0.4, 0.5) is 8.78 Å². The Morgan fingerprint density at radius 3 is 2.72 bits per heavy atom. The van der Waals surface area contributed by atoms with Gasteiger partial charge in [0.05, 0.1) is 0 Å². The van der Waals surface area contributed by atoms with Crippen LogP contribution < -0.4 is 10.5 Å². The lowest BCUT2D eigenvalue weighted by Crippen LogP contribution is -2.02. The smallest absolute Gasteiger partial charge is 0.223 e. The zero-order chi connectivity index (χ0) is 13.1. The highest BCUT2D eigenvalue weighted by Crippen LogP contribution is 2.27. The number of nitrogens with two attached hydrogens (primary N) is 1. The van der Waals surface area contributed by atoms with Gasteiger partial charge in [-0.3, -0.25) is 0 Å². The first kappa shape index (κ1) is 12.9. The number of nitrogens with zero attached hydrogens (tertiary/aromatic N) is 1. The molecule has 2 N–H and O–H groups in total. The Balaban J connectivity index is 2.33. The number of hydrogen-bond donors (Lipinski definition) is 1. The number of hydrogen-bond acceptors (Lipinski definition) is 3. The highest BCUT2D eigenvalue weighted by Gasteiger charge is 2.10. The van der Waals surface area contributed by atoms with E-state index in [2.05, 4.69) is 20.9 Å². The fourth-order valence-electron chi connectivity index (χ4n) is 1.37. The van der Waals surface area contributed by atoms with Gasteiger partial charge in [0.25, 0.3) is 0 Å². The standard InChI is InChI=1S/C12H9BrF2N2O/c13-8-3-7(5-16)12(17-6-8)18-11-2-1-9(14)4-10(11)15/h1-4,6H,5,16H2. The summed E-state index contributed by atoms with van der Waals surface area (Å²) in [6.07, 6.45) is 1.51. The normalized spacial score (nSPS) is 10.4. The molecule has 0 radical (unpaired) electrons. The van der Waals surface area contributed by atoms with Gasteiger partial charge in [-0.1, -0.05) is 0 Å². The van der Waals surface area contributed by atoms with E-state index in [1.165, 1.54) is 12.3 Å². The number of rotatable bonds is 3. The maximum absolute atomic E-state index is 13.4. The first-order chi connectivity index (χ1) is 8.60. The molecule has 0 aliphatic carbocycles. The van der Waals surface area contributed by atoms with E-state index in [1.807, 2.05) is 0 Å². The Kier molecular flexibility index (Phi) is 3.88. The van der Waals surface area contributed by atoms with Gasteiger partial charge in [-0.15, -0.1) is 0 Å². The Morgan fingerprint density at radius 1 is 1.28 bits per heavy atom. The van der Waals surface area contributed by atoms with Gasteiger partial charge >= 0.3 is 0 Å². The summed E-state index contributed by atoms with van der Waals surface area (Å²) in [5.74, 6) is -1.35. The van der Waals surface area contributed by atoms with Gasteiger partial charge in [-0.05, 0) is 34.1 Å². The van der Waals surface area contributed by atoms with E-state index >= 15 is 0 Å². The largest absolute Gasteiger partial charge is 0.436 e. The summed E-state index contributed by atoms with van der Waals surface area (Å²) >= 11 is 3.25. The Hall–Kier alpha value is -1.53. The Morgan fingerprint density at radius 2 is 2.06 bits per heavy atom. The highest BCUT2D eigenvalue weighted by molar-refractivity contribution is 9.10. The van der Waals surface area contributed by atoms with Crippen LogP contribution in [0.25, 0.3) is 0 Å². The van der Waals surface area contributed by atoms with Crippen LogP contribution in [-0.4, -0.2) is 4.98 Å². The molecule has 0 aliphatic heterocycles. The van der Waals surface area contributed by atoms with Gasteiger partial charge < -0.3 is 10.5 Å². The first-order valence-electron chi connectivity index (χ1n) is 5.07. The third-order valence-electron chi connectivity index (χ3n) is 2.21. The minimum Gasteiger partial charge on any atom is -0.436 e. The zero-order valence-electron chi connectivity index (χ0n) is 9.16. The van der Waals surface area contributed by atoms with E-state index in [0.29, 0.717) is 5.56 Å². The lowest BCUT2D eigenvalue weighted by molar-refractivity contribution is 0.419. The summed E-state index contributed by atoms with van der Waals surface area (Å²) in [7, 11) is 0. The molecule has 1 aromatic heterocycles. The van der Waals surface area contributed by atoms with Crippen LogP contribution >= 0.6 is 15.9 Å². The van der Waals surface area contributed by atoms with Crippen LogP contribution in [0.1, 0.15) is 5.56 Å². The highest BCUT2D eigenvalue weighted by atomic mass is 79.9. The average molecular weight is 315 g/mol. The van der Waals surface area contributed by atoms with Crippen LogP contribution in [0.2, 0.25) is 0 Å². The number of pyridine rings is 1. The molecule has 18 heavy (non-hydrogen) atoms.